The highest BCUT2D eigenvalue weighted by molar-refractivity contribution is 6.30. The molecule has 1 aromatic carbocycles. The van der Waals surface area contributed by atoms with Crippen molar-refractivity contribution < 1.29 is 4.39 Å². The summed E-state index contributed by atoms with van der Waals surface area (Å²) in [5.74, 6) is 0.645. The molecule has 4 heteroatoms. The van der Waals surface area contributed by atoms with Crippen molar-refractivity contribution in [1.29, 1.82) is 0 Å². The zero-order chi connectivity index (χ0) is 13.4. The van der Waals surface area contributed by atoms with Gasteiger partial charge < -0.3 is 5.32 Å². The van der Waals surface area contributed by atoms with Crippen molar-refractivity contribution in [1.82, 2.24) is 10.2 Å². The lowest BCUT2D eigenvalue weighted by atomic mass is 10.0. The molecular weight excluding hydrogens is 263 g/mol. The number of benzene rings is 1. The molecule has 2 atom stereocenters. The SMILES string of the molecule is CC1CNC(C2CC2)CN1Cc1ccc(Cl)cc1F. The van der Waals surface area contributed by atoms with Gasteiger partial charge in [-0.05, 0) is 37.8 Å². The molecule has 1 aliphatic carbocycles. The largest absolute Gasteiger partial charge is 0.311 e. The second-order valence-electron chi connectivity index (χ2n) is 5.87. The molecule has 1 saturated carbocycles. The van der Waals surface area contributed by atoms with Crippen molar-refractivity contribution in [2.24, 2.45) is 5.92 Å². The molecule has 19 heavy (non-hydrogen) atoms. The summed E-state index contributed by atoms with van der Waals surface area (Å²) >= 11 is 5.80. The van der Waals surface area contributed by atoms with Gasteiger partial charge in [0.15, 0.2) is 0 Å². The minimum atomic E-state index is -0.193. The number of rotatable bonds is 3. The normalized spacial score (nSPS) is 28.6. The topological polar surface area (TPSA) is 15.3 Å². The van der Waals surface area contributed by atoms with Gasteiger partial charge in [-0.1, -0.05) is 17.7 Å². The van der Waals surface area contributed by atoms with E-state index in [1.807, 2.05) is 0 Å². The maximum Gasteiger partial charge on any atom is 0.129 e. The first-order valence-electron chi connectivity index (χ1n) is 7.05. The average molecular weight is 283 g/mol. The van der Waals surface area contributed by atoms with Gasteiger partial charge in [0.05, 0.1) is 0 Å². The van der Waals surface area contributed by atoms with Gasteiger partial charge in [0.25, 0.3) is 0 Å². The first-order valence-corrected chi connectivity index (χ1v) is 7.42. The third-order valence-corrected chi connectivity index (χ3v) is 4.54. The van der Waals surface area contributed by atoms with Crippen LogP contribution in [-0.2, 0) is 6.54 Å². The van der Waals surface area contributed by atoms with Crippen LogP contribution in [0.2, 0.25) is 5.02 Å². The van der Waals surface area contributed by atoms with Crippen molar-refractivity contribution in [3.05, 3.63) is 34.6 Å². The summed E-state index contributed by atoms with van der Waals surface area (Å²) in [6.45, 7) is 4.89. The maximum absolute atomic E-state index is 13.9. The first-order chi connectivity index (χ1) is 9.13. The molecule has 2 unspecified atom stereocenters. The molecule has 0 aromatic heterocycles. The molecule has 1 heterocycles. The molecule has 3 rings (SSSR count). The predicted octanol–water partition coefficient (Wildman–Crippen LogP) is 3.05. The van der Waals surface area contributed by atoms with Crippen LogP contribution < -0.4 is 5.32 Å². The Labute approximate surface area is 118 Å². The number of nitrogens with one attached hydrogen (secondary N) is 1. The Bertz CT molecular complexity index is 461. The van der Waals surface area contributed by atoms with E-state index in [1.54, 1.807) is 12.1 Å². The Kier molecular flexibility index (Phi) is 3.79. The summed E-state index contributed by atoms with van der Waals surface area (Å²) < 4.78 is 13.9. The van der Waals surface area contributed by atoms with Crippen LogP contribution in [0.5, 0.6) is 0 Å². The Balaban J connectivity index is 1.69. The number of nitrogens with zero attached hydrogens (tertiary/aromatic N) is 1. The maximum atomic E-state index is 13.9. The molecule has 2 nitrogen and oxygen atoms in total. The lowest BCUT2D eigenvalue weighted by Gasteiger charge is -2.39. The fourth-order valence-electron chi connectivity index (χ4n) is 2.85. The second-order valence-corrected chi connectivity index (χ2v) is 6.30. The van der Waals surface area contributed by atoms with Gasteiger partial charge in [0, 0.05) is 42.3 Å². The van der Waals surface area contributed by atoms with Gasteiger partial charge in [-0.2, -0.15) is 0 Å². The van der Waals surface area contributed by atoms with Crippen LogP contribution in [0, 0.1) is 11.7 Å². The summed E-state index contributed by atoms with van der Waals surface area (Å²) in [6.07, 6.45) is 2.68. The highest BCUT2D eigenvalue weighted by atomic mass is 35.5. The van der Waals surface area contributed by atoms with Gasteiger partial charge in [0.1, 0.15) is 5.82 Å². The smallest absolute Gasteiger partial charge is 0.129 e. The summed E-state index contributed by atoms with van der Waals surface area (Å²) in [4.78, 5) is 2.38. The van der Waals surface area contributed by atoms with Gasteiger partial charge in [-0.15, -0.1) is 0 Å². The Morgan fingerprint density at radius 1 is 1.42 bits per heavy atom. The molecule has 2 aliphatic rings. The molecule has 1 saturated heterocycles. The molecule has 1 aromatic rings. The Hall–Kier alpha value is -0.640. The van der Waals surface area contributed by atoms with Crippen LogP contribution in [0.15, 0.2) is 18.2 Å². The predicted molar refractivity (Wildman–Crippen MR) is 75.8 cm³/mol. The zero-order valence-corrected chi connectivity index (χ0v) is 12.0. The van der Waals surface area contributed by atoms with Crippen molar-refractivity contribution in [3.63, 3.8) is 0 Å². The monoisotopic (exact) mass is 282 g/mol. The molecule has 0 bridgehead atoms. The Morgan fingerprint density at radius 2 is 2.21 bits per heavy atom. The van der Waals surface area contributed by atoms with E-state index in [4.69, 9.17) is 11.6 Å². The molecule has 0 radical (unpaired) electrons. The molecule has 0 amide bonds. The molecule has 1 N–H and O–H groups in total. The van der Waals surface area contributed by atoms with E-state index >= 15 is 0 Å². The number of halogens is 2. The third kappa shape index (κ3) is 3.10. The van der Waals surface area contributed by atoms with E-state index < -0.39 is 0 Å². The minimum absolute atomic E-state index is 0.193. The van der Waals surface area contributed by atoms with Crippen LogP contribution in [-0.4, -0.2) is 30.1 Å². The van der Waals surface area contributed by atoms with Crippen LogP contribution in [0.3, 0.4) is 0 Å². The highest BCUT2D eigenvalue weighted by Gasteiger charge is 2.36. The first kappa shape index (κ1) is 13.3. The molecule has 1 aliphatic heterocycles. The van der Waals surface area contributed by atoms with E-state index in [0.29, 0.717) is 23.7 Å². The second kappa shape index (κ2) is 5.39. The van der Waals surface area contributed by atoms with E-state index in [1.165, 1.54) is 18.9 Å². The molecular formula is C15H20ClFN2. The quantitative estimate of drug-likeness (QED) is 0.917. The molecule has 0 spiro atoms. The van der Waals surface area contributed by atoms with Crippen LogP contribution in [0.25, 0.3) is 0 Å². The fourth-order valence-corrected chi connectivity index (χ4v) is 3.01. The molecule has 2 fully saturated rings. The number of hydrogen-bond donors (Lipinski definition) is 1. The van der Waals surface area contributed by atoms with E-state index in [-0.39, 0.29) is 5.82 Å². The van der Waals surface area contributed by atoms with Crippen molar-refractivity contribution >= 4 is 11.6 Å². The Morgan fingerprint density at radius 3 is 2.89 bits per heavy atom. The van der Waals surface area contributed by atoms with E-state index in [2.05, 4.69) is 17.1 Å². The lowest BCUT2D eigenvalue weighted by Crippen LogP contribution is -2.55. The number of hydrogen-bond acceptors (Lipinski definition) is 2. The lowest BCUT2D eigenvalue weighted by molar-refractivity contribution is 0.124. The summed E-state index contributed by atoms with van der Waals surface area (Å²) in [6, 6.07) is 6.02. The van der Waals surface area contributed by atoms with Crippen LogP contribution in [0.4, 0.5) is 4.39 Å². The van der Waals surface area contributed by atoms with Crippen LogP contribution in [0.1, 0.15) is 25.3 Å². The average Bonchev–Trinajstić information content (AvgIpc) is 3.19. The zero-order valence-electron chi connectivity index (χ0n) is 11.2. The molecule has 104 valence electrons. The van der Waals surface area contributed by atoms with Crippen LogP contribution >= 0.6 is 11.6 Å². The third-order valence-electron chi connectivity index (χ3n) is 4.31. The minimum Gasteiger partial charge on any atom is -0.311 e. The van der Waals surface area contributed by atoms with Gasteiger partial charge in [-0.25, -0.2) is 4.39 Å². The fraction of sp³-hybridized carbons (Fsp3) is 0.600. The highest BCUT2D eigenvalue weighted by Crippen LogP contribution is 2.34. The van der Waals surface area contributed by atoms with Gasteiger partial charge in [0.2, 0.25) is 0 Å². The van der Waals surface area contributed by atoms with Gasteiger partial charge >= 0.3 is 0 Å². The van der Waals surface area contributed by atoms with Crippen molar-refractivity contribution in [3.8, 4) is 0 Å². The van der Waals surface area contributed by atoms with Crippen molar-refractivity contribution in [2.75, 3.05) is 13.1 Å². The summed E-state index contributed by atoms with van der Waals surface area (Å²) in [7, 11) is 0. The summed E-state index contributed by atoms with van der Waals surface area (Å²) in [5.41, 5.74) is 0.743. The standard InChI is InChI=1S/C15H20ClFN2/c1-10-7-18-15(11-2-3-11)9-19(10)8-12-4-5-13(16)6-14(12)17/h4-6,10-11,15,18H,2-3,7-9H2,1H3. The van der Waals surface area contributed by atoms with E-state index in [0.717, 1.165) is 24.6 Å². The van der Waals surface area contributed by atoms with Gasteiger partial charge in [-0.3, -0.25) is 4.90 Å². The van der Waals surface area contributed by atoms with E-state index in [9.17, 15) is 4.39 Å². The number of piperazine rings is 1. The summed E-state index contributed by atoms with van der Waals surface area (Å²) in [5, 5.41) is 4.08. The van der Waals surface area contributed by atoms with Crippen molar-refractivity contribution in [2.45, 2.75) is 38.4 Å².